The van der Waals surface area contributed by atoms with Crippen molar-refractivity contribution in [3.8, 4) is 11.5 Å². The molecule has 0 saturated heterocycles. The number of aromatic hydroxyl groups is 1. The van der Waals surface area contributed by atoms with E-state index in [9.17, 15) is 9.50 Å². The molecule has 0 unspecified atom stereocenters. The summed E-state index contributed by atoms with van der Waals surface area (Å²) >= 11 is 3.30. The molecule has 0 aliphatic rings. The van der Waals surface area contributed by atoms with Gasteiger partial charge in [-0.05, 0) is 58.2 Å². The smallest absolute Gasteiger partial charge is 0.172 e. The highest BCUT2D eigenvalue weighted by molar-refractivity contribution is 9.10. The second-order valence-corrected chi connectivity index (χ2v) is 5.64. The van der Waals surface area contributed by atoms with Crippen LogP contribution in [-0.2, 0) is 6.54 Å². The minimum atomic E-state index is -0.238. The molecule has 5 heteroatoms. The quantitative estimate of drug-likeness (QED) is 0.848. The van der Waals surface area contributed by atoms with Crippen LogP contribution in [0.15, 0.2) is 40.9 Å². The van der Waals surface area contributed by atoms with Crippen molar-refractivity contribution in [1.29, 1.82) is 0 Å². The Bertz CT molecular complexity index is 616. The number of benzene rings is 2. The second-order valence-electron chi connectivity index (χ2n) is 4.78. The maximum atomic E-state index is 12.9. The summed E-state index contributed by atoms with van der Waals surface area (Å²) < 4.78 is 18.6. The SMILES string of the molecule is COc1cc(CN[C@H](C)c2ccc(F)cc2)cc(Br)c1O. The summed E-state index contributed by atoms with van der Waals surface area (Å²) in [5.41, 5.74) is 1.99. The average Bonchev–Trinajstić information content (AvgIpc) is 2.48. The van der Waals surface area contributed by atoms with E-state index in [0.29, 0.717) is 16.8 Å². The number of hydrogen-bond acceptors (Lipinski definition) is 3. The number of phenolic OH excluding ortho intramolecular Hbond substituents is 1. The fourth-order valence-electron chi connectivity index (χ4n) is 2.03. The predicted octanol–water partition coefficient (Wildman–Crippen LogP) is 4.15. The van der Waals surface area contributed by atoms with E-state index >= 15 is 0 Å². The maximum absolute atomic E-state index is 12.9. The largest absolute Gasteiger partial charge is 0.503 e. The van der Waals surface area contributed by atoms with E-state index in [-0.39, 0.29) is 17.6 Å². The van der Waals surface area contributed by atoms with E-state index in [1.165, 1.54) is 19.2 Å². The number of phenols is 1. The summed E-state index contributed by atoms with van der Waals surface area (Å²) in [7, 11) is 1.51. The Kier molecular flexibility index (Phi) is 5.20. The molecule has 2 aromatic rings. The Morgan fingerprint density at radius 3 is 2.57 bits per heavy atom. The third-order valence-electron chi connectivity index (χ3n) is 3.29. The van der Waals surface area contributed by atoms with E-state index in [2.05, 4.69) is 21.2 Å². The number of methoxy groups -OCH3 is 1. The molecule has 0 aliphatic heterocycles. The maximum Gasteiger partial charge on any atom is 0.172 e. The van der Waals surface area contributed by atoms with Gasteiger partial charge < -0.3 is 15.2 Å². The normalized spacial score (nSPS) is 12.2. The first-order chi connectivity index (χ1) is 10.0. The van der Waals surface area contributed by atoms with Crippen molar-refractivity contribution in [2.75, 3.05) is 7.11 Å². The minimum absolute atomic E-state index is 0.0872. The van der Waals surface area contributed by atoms with Crippen molar-refractivity contribution in [3.63, 3.8) is 0 Å². The molecule has 0 saturated carbocycles. The monoisotopic (exact) mass is 353 g/mol. The van der Waals surface area contributed by atoms with Gasteiger partial charge in [-0.3, -0.25) is 0 Å². The molecule has 0 aromatic heterocycles. The van der Waals surface area contributed by atoms with Crippen LogP contribution in [0, 0.1) is 5.82 Å². The zero-order valence-corrected chi connectivity index (χ0v) is 13.4. The van der Waals surface area contributed by atoms with Gasteiger partial charge in [0.25, 0.3) is 0 Å². The zero-order valence-electron chi connectivity index (χ0n) is 11.9. The van der Waals surface area contributed by atoms with Gasteiger partial charge in [0, 0.05) is 12.6 Å². The van der Waals surface area contributed by atoms with Gasteiger partial charge in [-0.25, -0.2) is 4.39 Å². The number of ether oxygens (including phenoxy) is 1. The van der Waals surface area contributed by atoms with Crippen LogP contribution in [0.1, 0.15) is 24.1 Å². The topological polar surface area (TPSA) is 41.5 Å². The van der Waals surface area contributed by atoms with Crippen LogP contribution in [0.25, 0.3) is 0 Å². The first kappa shape index (κ1) is 15.8. The standard InChI is InChI=1S/C16H17BrFNO2/c1-10(12-3-5-13(18)6-4-12)19-9-11-7-14(17)16(20)15(8-11)21-2/h3-8,10,19-20H,9H2,1-2H3/t10-/m1/s1. The van der Waals surface area contributed by atoms with Gasteiger partial charge >= 0.3 is 0 Å². The summed E-state index contributed by atoms with van der Waals surface area (Å²) in [4.78, 5) is 0. The lowest BCUT2D eigenvalue weighted by Gasteiger charge is -2.15. The molecule has 0 bridgehead atoms. The van der Waals surface area contributed by atoms with Crippen LogP contribution >= 0.6 is 15.9 Å². The highest BCUT2D eigenvalue weighted by Crippen LogP contribution is 2.35. The number of rotatable bonds is 5. The lowest BCUT2D eigenvalue weighted by atomic mass is 10.1. The first-order valence-electron chi connectivity index (χ1n) is 6.55. The number of nitrogens with one attached hydrogen (secondary N) is 1. The van der Waals surface area contributed by atoms with Crippen molar-refractivity contribution in [2.24, 2.45) is 0 Å². The molecular weight excluding hydrogens is 337 g/mol. The molecule has 0 spiro atoms. The molecule has 112 valence electrons. The molecule has 2 rings (SSSR count). The Balaban J connectivity index is 2.05. The first-order valence-corrected chi connectivity index (χ1v) is 7.34. The summed E-state index contributed by atoms with van der Waals surface area (Å²) in [6.45, 7) is 2.62. The molecule has 0 radical (unpaired) electrons. The van der Waals surface area contributed by atoms with Gasteiger partial charge in [-0.2, -0.15) is 0 Å². The molecule has 0 amide bonds. The Morgan fingerprint density at radius 1 is 1.29 bits per heavy atom. The molecular formula is C16H17BrFNO2. The van der Waals surface area contributed by atoms with Gasteiger partial charge in [0.05, 0.1) is 11.6 Å². The third-order valence-corrected chi connectivity index (χ3v) is 3.90. The Hall–Kier alpha value is -1.59. The fourth-order valence-corrected chi connectivity index (χ4v) is 2.51. The fraction of sp³-hybridized carbons (Fsp3) is 0.250. The number of hydrogen-bond donors (Lipinski definition) is 2. The van der Waals surface area contributed by atoms with E-state index in [1.54, 1.807) is 18.2 Å². The van der Waals surface area contributed by atoms with Crippen LogP contribution in [0.3, 0.4) is 0 Å². The lowest BCUT2D eigenvalue weighted by Crippen LogP contribution is -2.18. The summed E-state index contributed by atoms with van der Waals surface area (Å²) in [6.07, 6.45) is 0. The second kappa shape index (κ2) is 6.91. The van der Waals surface area contributed by atoms with Gasteiger partial charge in [0.1, 0.15) is 5.82 Å². The zero-order chi connectivity index (χ0) is 15.4. The summed E-state index contributed by atoms with van der Waals surface area (Å²) in [6, 6.07) is 10.1. The van der Waals surface area contributed by atoms with Crippen LogP contribution < -0.4 is 10.1 Å². The van der Waals surface area contributed by atoms with Crippen molar-refractivity contribution in [2.45, 2.75) is 19.5 Å². The Labute approximate surface area is 131 Å². The molecule has 21 heavy (non-hydrogen) atoms. The average molecular weight is 354 g/mol. The van der Waals surface area contributed by atoms with Crippen molar-refractivity contribution >= 4 is 15.9 Å². The van der Waals surface area contributed by atoms with E-state index in [4.69, 9.17) is 4.74 Å². The molecule has 0 heterocycles. The summed E-state index contributed by atoms with van der Waals surface area (Å²) in [5, 5.41) is 13.1. The van der Waals surface area contributed by atoms with Gasteiger partial charge in [-0.15, -0.1) is 0 Å². The molecule has 0 aliphatic carbocycles. The van der Waals surface area contributed by atoms with Gasteiger partial charge in [0.15, 0.2) is 11.5 Å². The predicted molar refractivity (Wildman–Crippen MR) is 84.0 cm³/mol. The minimum Gasteiger partial charge on any atom is -0.503 e. The van der Waals surface area contributed by atoms with Crippen LogP contribution in [0.5, 0.6) is 11.5 Å². The van der Waals surface area contributed by atoms with Gasteiger partial charge in [0.2, 0.25) is 0 Å². The highest BCUT2D eigenvalue weighted by atomic mass is 79.9. The van der Waals surface area contributed by atoms with Crippen LogP contribution in [0.4, 0.5) is 4.39 Å². The Morgan fingerprint density at radius 2 is 1.95 bits per heavy atom. The number of halogens is 2. The molecule has 0 fully saturated rings. The molecule has 3 nitrogen and oxygen atoms in total. The molecule has 2 aromatic carbocycles. The molecule has 1 atom stereocenters. The van der Waals surface area contributed by atoms with Gasteiger partial charge in [-0.1, -0.05) is 12.1 Å². The lowest BCUT2D eigenvalue weighted by molar-refractivity contribution is 0.371. The molecule has 2 N–H and O–H groups in total. The van der Waals surface area contributed by atoms with E-state index in [0.717, 1.165) is 11.1 Å². The summed E-state index contributed by atoms with van der Waals surface area (Å²) in [5.74, 6) is 0.279. The van der Waals surface area contributed by atoms with E-state index in [1.807, 2.05) is 13.0 Å². The van der Waals surface area contributed by atoms with E-state index < -0.39 is 0 Å². The van der Waals surface area contributed by atoms with Crippen molar-refractivity contribution in [1.82, 2.24) is 5.32 Å². The van der Waals surface area contributed by atoms with Crippen LogP contribution in [-0.4, -0.2) is 12.2 Å². The highest BCUT2D eigenvalue weighted by Gasteiger charge is 2.10. The van der Waals surface area contributed by atoms with Crippen molar-refractivity contribution < 1.29 is 14.2 Å². The van der Waals surface area contributed by atoms with Crippen molar-refractivity contribution in [3.05, 3.63) is 57.8 Å². The van der Waals surface area contributed by atoms with Crippen LogP contribution in [0.2, 0.25) is 0 Å². The third kappa shape index (κ3) is 3.95.